The topological polar surface area (TPSA) is 156 Å². The van der Waals surface area contributed by atoms with E-state index in [1.165, 1.54) is 5.57 Å². The van der Waals surface area contributed by atoms with Crippen LogP contribution in [0, 0.1) is 5.92 Å². The van der Waals surface area contributed by atoms with E-state index in [0.717, 1.165) is 79.0 Å². The van der Waals surface area contributed by atoms with Crippen LogP contribution in [0.1, 0.15) is 109 Å². The highest BCUT2D eigenvalue weighted by molar-refractivity contribution is 6.23. The zero-order chi connectivity index (χ0) is 45.1. The maximum Gasteiger partial charge on any atom is 0.264 e. The first-order chi connectivity index (χ1) is 30.9. The Morgan fingerprint density at radius 1 is 0.969 bits per heavy atom. The zero-order valence-electron chi connectivity index (χ0n) is 36.9. The SMILES string of the molecule is C=C1CCC(N2C(=O)c3ccc(NCCCNC(=O)CN4C=C(c5cc6c(cc5C(F)F)N(C(NC)C5=C(CC7CCOCC7)CCN(C(C)=O)C5)CCC6)CN4)cc3C2=O)C(=O)C1. The van der Waals surface area contributed by atoms with Gasteiger partial charge in [-0.15, -0.1) is 0 Å². The lowest BCUT2D eigenvalue weighted by molar-refractivity contribution is -0.128. The van der Waals surface area contributed by atoms with Gasteiger partial charge in [-0.1, -0.05) is 17.7 Å². The van der Waals surface area contributed by atoms with Gasteiger partial charge in [0.2, 0.25) is 11.8 Å². The second-order valence-corrected chi connectivity index (χ2v) is 17.9. The van der Waals surface area contributed by atoms with Crippen LogP contribution in [-0.2, 0) is 25.5 Å². The molecule has 8 rings (SSSR count). The van der Waals surface area contributed by atoms with Crippen LogP contribution in [0.2, 0.25) is 0 Å². The predicted octanol–water partition coefficient (Wildman–Crippen LogP) is 5.34. The van der Waals surface area contributed by atoms with Gasteiger partial charge in [0, 0.05) is 89.0 Å². The van der Waals surface area contributed by atoms with E-state index >= 15 is 8.78 Å². The van der Waals surface area contributed by atoms with Crippen LogP contribution < -0.4 is 26.3 Å². The van der Waals surface area contributed by atoms with Crippen LogP contribution in [0.5, 0.6) is 0 Å². The third-order valence-corrected chi connectivity index (χ3v) is 13.6. The fourth-order valence-corrected chi connectivity index (χ4v) is 10.2. The second kappa shape index (κ2) is 19.7. The number of hydrogen-bond donors (Lipinski definition) is 4. The predicted molar refractivity (Wildman–Crippen MR) is 240 cm³/mol. The number of carbonyl (C=O) groups is 5. The van der Waals surface area contributed by atoms with Crippen molar-refractivity contribution in [2.75, 3.05) is 76.3 Å². The molecule has 4 amide bonds. The molecule has 2 atom stereocenters. The molecule has 1 saturated carbocycles. The fourth-order valence-electron chi connectivity index (χ4n) is 10.2. The number of fused-ring (bicyclic) bond motifs is 2. The quantitative estimate of drug-likeness (QED) is 0.104. The molecule has 342 valence electrons. The number of benzene rings is 2. The average Bonchev–Trinajstić information content (AvgIpc) is 3.84. The summed E-state index contributed by atoms with van der Waals surface area (Å²) in [7, 11) is 1.91. The Balaban J connectivity index is 0.876. The van der Waals surface area contributed by atoms with Gasteiger partial charge in [0.15, 0.2) is 5.78 Å². The first-order valence-electron chi connectivity index (χ1n) is 22.8. The summed E-state index contributed by atoms with van der Waals surface area (Å²) < 4.78 is 35.7. The van der Waals surface area contributed by atoms with E-state index in [2.05, 4.69) is 32.9 Å². The molecular formula is C48H60F2N8O6. The number of rotatable bonds is 15. The number of hydrogen-bond acceptors (Lipinski definition) is 11. The summed E-state index contributed by atoms with van der Waals surface area (Å²) >= 11 is 0. The molecule has 14 nitrogen and oxygen atoms in total. The number of halogens is 2. The Labute approximate surface area is 373 Å². The lowest BCUT2D eigenvalue weighted by Crippen LogP contribution is -2.52. The van der Waals surface area contributed by atoms with Gasteiger partial charge in [-0.3, -0.25) is 34.2 Å². The maximum atomic E-state index is 15.0. The number of Topliss-reactive ketones (excluding diaryl/α,β-unsaturated/α-hetero) is 1. The van der Waals surface area contributed by atoms with Crippen molar-refractivity contribution in [3.63, 3.8) is 0 Å². The Kier molecular flexibility index (Phi) is 13.9. The molecule has 2 fully saturated rings. The number of carbonyl (C=O) groups excluding carboxylic acids is 5. The minimum absolute atomic E-state index is 0.0127. The summed E-state index contributed by atoms with van der Waals surface area (Å²) in [6, 6.07) is 7.74. The number of amides is 4. The van der Waals surface area contributed by atoms with Crippen molar-refractivity contribution in [3.05, 3.63) is 87.6 Å². The summed E-state index contributed by atoms with van der Waals surface area (Å²) in [5.74, 6) is -0.781. The van der Waals surface area contributed by atoms with E-state index in [1.54, 1.807) is 42.4 Å². The van der Waals surface area contributed by atoms with E-state index < -0.39 is 24.3 Å². The van der Waals surface area contributed by atoms with Crippen molar-refractivity contribution in [3.8, 4) is 0 Å². The van der Waals surface area contributed by atoms with Gasteiger partial charge in [-0.2, -0.15) is 0 Å². The van der Waals surface area contributed by atoms with Gasteiger partial charge < -0.3 is 30.2 Å². The van der Waals surface area contributed by atoms with Crippen molar-refractivity contribution in [1.29, 1.82) is 0 Å². The summed E-state index contributed by atoms with van der Waals surface area (Å²) in [6.07, 6.45) is 5.84. The van der Waals surface area contributed by atoms with E-state index in [4.69, 9.17) is 4.74 Å². The Hall–Kier alpha value is -5.45. The minimum Gasteiger partial charge on any atom is -0.385 e. The van der Waals surface area contributed by atoms with E-state index in [9.17, 15) is 24.0 Å². The molecule has 64 heavy (non-hydrogen) atoms. The van der Waals surface area contributed by atoms with E-state index in [0.29, 0.717) is 81.3 Å². The van der Waals surface area contributed by atoms with Crippen molar-refractivity contribution >= 4 is 46.4 Å². The van der Waals surface area contributed by atoms with Crippen molar-refractivity contribution in [2.45, 2.75) is 89.8 Å². The molecule has 6 aliphatic rings. The number of hydrazine groups is 1. The average molecular weight is 883 g/mol. The minimum atomic E-state index is -2.72. The molecule has 2 unspecified atom stereocenters. The summed E-state index contributed by atoms with van der Waals surface area (Å²) in [5.41, 5.74) is 10.5. The van der Waals surface area contributed by atoms with E-state index in [-0.39, 0.29) is 53.4 Å². The number of anilines is 2. The lowest BCUT2D eigenvalue weighted by Gasteiger charge is -2.43. The number of nitrogens with zero attached hydrogens (tertiary/aromatic N) is 4. The molecule has 0 radical (unpaired) electrons. The number of likely N-dealkylation sites (N-methyl/N-ethyl adjacent to an activating group) is 1. The molecule has 1 saturated heterocycles. The van der Waals surface area contributed by atoms with Crippen LogP contribution in [-0.4, -0.2) is 123 Å². The largest absolute Gasteiger partial charge is 0.385 e. The molecule has 0 bridgehead atoms. The maximum absolute atomic E-state index is 15.0. The molecule has 2 aromatic carbocycles. The van der Waals surface area contributed by atoms with Crippen LogP contribution in [0.15, 0.2) is 59.8 Å². The van der Waals surface area contributed by atoms with Crippen LogP contribution >= 0.6 is 0 Å². The summed E-state index contributed by atoms with van der Waals surface area (Å²) in [4.78, 5) is 69.8. The van der Waals surface area contributed by atoms with Crippen molar-refractivity contribution in [2.24, 2.45) is 5.92 Å². The number of nitrogens with one attached hydrogen (secondary N) is 4. The Morgan fingerprint density at radius 2 is 1.77 bits per heavy atom. The third kappa shape index (κ3) is 9.64. The molecule has 0 spiro atoms. The highest BCUT2D eigenvalue weighted by Crippen LogP contribution is 2.41. The lowest BCUT2D eigenvalue weighted by atomic mass is 9.85. The number of alkyl halides is 2. The van der Waals surface area contributed by atoms with Gasteiger partial charge in [0.25, 0.3) is 18.2 Å². The third-order valence-electron chi connectivity index (χ3n) is 13.6. The first-order valence-corrected chi connectivity index (χ1v) is 22.8. The number of ether oxygens (including phenoxy) is 1. The van der Waals surface area contributed by atoms with Crippen molar-refractivity contribution < 1.29 is 37.5 Å². The molecule has 16 heteroatoms. The highest BCUT2D eigenvalue weighted by Gasteiger charge is 2.44. The monoisotopic (exact) mass is 882 g/mol. The van der Waals surface area contributed by atoms with Gasteiger partial charge in [0.1, 0.15) is 12.7 Å². The number of ketones is 1. The normalized spacial score (nSPS) is 21.1. The number of imide groups is 1. The van der Waals surface area contributed by atoms with Gasteiger partial charge >= 0.3 is 0 Å². The zero-order valence-corrected chi connectivity index (χ0v) is 36.9. The highest BCUT2D eigenvalue weighted by atomic mass is 19.3. The van der Waals surface area contributed by atoms with Gasteiger partial charge in [-0.05, 0) is 123 Å². The molecule has 5 aliphatic heterocycles. The Bertz CT molecular complexity index is 2260. The van der Waals surface area contributed by atoms with Crippen LogP contribution in [0.3, 0.4) is 0 Å². The molecule has 4 N–H and O–H groups in total. The molecule has 5 heterocycles. The standard InChI is InChI=1S/C48H60F2N8O6/c1-29-7-10-41(43(60)20-29)58-47(62)36-9-8-35(23-39(36)48(58)63)52-14-5-15-53-44(61)28-56-26-34(25-54-56)37-22-33-6-4-16-57(42(33)24-38(37)45(49)50)46(51-3)40-27-55(30(2)59)17-11-32(40)21-31-12-18-64-19-13-31/h8-9,22-24,26,31,41,45-46,51-52,54H,1,4-7,10-21,25,27-28H2,2-3H3,(H,53,61). The second-order valence-electron chi connectivity index (χ2n) is 17.9. The fraction of sp³-hybridized carbons (Fsp3) is 0.521. The van der Waals surface area contributed by atoms with Crippen molar-refractivity contribution in [1.82, 2.24) is 30.9 Å². The summed E-state index contributed by atoms with van der Waals surface area (Å²) in [6.45, 7) is 10.0. The van der Waals surface area contributed by atoms with Gasteiger partial charge in [-0.25, -0.2) is 14.2 Å². The molecule has 0 aromatic heterocycles. The smallest absolute Gasteiger partial charge is 0.264 e. The van der Waals surface area contributed by atoms with Gasteiger partial charge in [0.05, 0.1) is 17.2 Å². The number of aryl methyl sites for hydroxylation is 1. The Morgan fingerprint density at radius 3 is 2.52 bits per heavy atom. The van der Waals surface area contributed by atoms with Crippen LogP contribution in [0.4, 0.5) is 20.2 Å². The first kappa shape index (κ1) is 45.1. The molecular weight excluding hydrogens is 823 g/mol. The molecule has 1 aliphatic carbocycles. The molecule has 2 aromatic rings. The number of allylic oxidation sites excluding steroid dienone is 1. The van der Waals surface area contributed by atoms with Crippen LogP contribution in [0.25, 0.3) is 5.57 Å². The summed E-state index contributed by atoms with van der Waals surface area (Å²) in [5, 5.41) is 11.3. The van der Waals surface area contributed by atoms with E-state index in [1.807, 2.05) is 18.0 Å².